The van der Waals surface area contributed by atoms with E-state index < -0.39 is 0 Å². The number of hydrogen-bond acceptors (Lipinski definition) is 3. The summed E-state index contributed by atoms with van der Waals surface area (Å²) in [4.78, 5) is 4.12. The number of methoxy groups -OCH3 is 1. The van der Waals surface area contributed by atoms with Gasteiger partial charge in [-0.05, 0) is 15.9 Å². The zero-order valence-corrected chi connectivity index (χ0v) is 7.95. The fourth-order valence-electron chi connectivity index (χ4n) is 0.996. The predicted octanol–water partition coefficient (Wildman–Crippen LogP) is 1.50. The average Bonchev–Trinajstić information content (AvgIpc) is 2.48. The van der Waals surface area contributed by atoms with Gasteiger partial charge in [0.25, 0.3) is 0 Å². The molecule has 0 aromatic carbocycles. The molecule has 5 heteroatoms. The van der Waals surface area contributed by atoms with Gasteiger partial charge in [0, 0.05) is 12.3 Å². The SMILES string of the molecule is COc1ccnc2c(Br)cnn12. The third-order valence-electron chi connectivity index (χ3n) is 1.53. The molecule has 0 N–H and O–H groups in total. The van der Waals surface area contributed by atoms with E-state index in [1.54, 1.807) is 30.1 Å². The normalized spacial score (nSPS) is 10.5. The van der Waals surface area contributed by atoms with Crippen molar-refractivity contribution >= 4 is 21.6 Å². The van der Waals surface area contributed by atoms with Crippen LogP contribution < -0.4 is 4.74 Å². The van der Waals surface area contributed by atoms with Gasteiger partial charge in [0.15, 0.2) is 5.65 Å². The van der Waals surface area contributed by atoms with E-state index in [0.29, 0.717) is 5.88 Å². The summed E-state index contributed by atoms with van der Waals surface area (Å²) in [7, 11) is 1.60. The summed E-state index contributed by atoms with van der Waals surface area (Å²) in [5.74, 6) is 0.672. The van der Waals surface area contributed by atoms with Crippen molar-refractivity contribution in [2.24, 2.45) is 0 Å². The van der Waals surface area contributed by atoms with Crippen LogP contribution in [0.25, 0.3) is 5.65 Å². The Morgan fingerprint density at radius 1 is 1.58 bits per heavy atom. The molecule has 62 valence electrons. The van der Waals surface area contributed by atoms with E-state index in [-0.39, 0.29) is 0 Å². The molecule has 0 saturated heterocycles. The maximum absolute atomic E-state index is 5.08. The molecule has 0 amide bonds. The highest BCUT2D eigenvalue weighted by Crippen LogP contribution is 2.18. The summed E-state index contributed by atoms with van der Waals surface area (Å²) >= 11 is 3.33. The van der Waals surface area contributed by atoms with E-state index >= 15 is 0 Å². The minimum atomic E-state index is 0.672. The van der Waals surface area contributed by atoms with E-state index in [4.69, 9.17) is 4.74 Å². The number of nitrogens with zero attached hydrogens (tertiary/aromatic N) is 3. The monoisotopic (exact) mass is 227 g/mol. The second-order valence-corrected chi connectivity index (χ2v) is 3.07. The summed E-state index contributed by atoms with van der Waals surface area (Å²) in [6.45, 7) is 0. The lowest BCUT2D eigenvalue weighted by Crippen LogP contribution is -1.96. The molecule has 0 unspecified atom stereocenters. The van der Waals surface area contributed by atoms with Crippen molar-refractivity contribution in [3.05, 3.63) is 22.9 Å². The molecule has 12 heavy (non-hydrogen) atoms. The third-order valence-corrected chi connectivity index (χ3v) is 2.09. The first-order chi connectivity index (χ1) is 5.83. The van der Waals surface area contributed by atoms with Crippen LogP contribution >= 0.6 is 15.9 Å². The summed E-state index contributed by atoms with van der Waals surface area (Å²) in [6.07, 6.45) is 3.37. The molecule has 0 aliphatic heterocycles. The maximum Gasteiger partial charge on any atom is 0.217 e. The Kier molecular flexibility index (Phi) is 1.73. The number of aromatic nitrogens is 3. The average molecular weight is 228 g/mol. The van der Waals surface area contributed by atoms with Crippen LogP contribution in [0.5, 0.6) is 5.88 Å². The van der Waals surface area contributed by atoms with Crippen LogP contribution in [0.4, 0.5) is 0 Å². The Morgan fingerprint density at radius 3 is 3.17 bits per heavy atom. The molecule has 0 spiro atoms. The fourth-order valence-corrected chi connectivity index (χ4v) is 1.36. The second kappa shape index (κ2) is 2.75. The van der Waals surface area contributed by atoms with Gasteiger partial charge in [0.05, 0.1) is 17.8 Å². The Labute approximate surface area is 77.3 Å². The van der Waals surface area contributed by atoms with E-state index in [1.807, 2.05) is 0 Å². The Bertz CT molecular complexity index is 412. The molecule has 2 aromatic rings. The Morgan fingerprint density at radius 2 is 2.42 bits per heavy atom. The van der Waals surface area contributed by atoms with Gasteiger partial charge in [-0.3, -0.25) is 0 Å². The van der Waals surface area contributed by atoms with Crippen molar-refractivity contribution in [3.63, 3.8) is 0 Å². The van der Waals surface area contributed by atoms with Crippen molar-refractivity contribution in [2.75, 3.05) is 7.11 Å². The lowest BCUT2D eigenvalue weighted by molar-refractivity contribution is 0.384. The van der Waals surface area contributed by atoms with Crippen LogP contribution in [0.2, 0.25) is 0 Å². The number of hydrogen-bond donors (Lipinski definition) is 0. The molecule has 0 fully saturated rings. The predicted molar refractivity (Wildman–Crippen MR) is 47.2 cm³/mol. The lowest BCUT2D eigenvalue weighted by atomic mass is 10.6. The van der Waals surface area contributed by atoms with E-state index in [2.05, 4.69) is 26.0 Å². The molecular formula is C7H6BrN3O. The van der Waals surface area contributed by atoms with E-state index in [9.17, 15) is 0 Å². The summed E-state index contributed by atoms with van der Waals surface area (Å²) in [5.41, 5.74) is 0.759. The number of rotatable bonds is 1. The molecule has 0 bridgehead atoms. The van der Waals surface area contributed by atoms with Gasteiger partial charge in [0.1, 0.15) is 0 Å². The van der Waals surface area contributed by atoms with E-state index in [0.717, 1.165) is 10.1 Å². The van der Waals surface area contributed by atoms with Gasteiger partial charge in [0.2, 0.25) is 5.88 Å². The molecule has 2 aromatic heterocycles. The van der Waals surface area contributed by atoms with Gasteiger partial charge < -0.3 is 4.74 Å². The smallest absolute Gasteiger partial charge is 0.217 e. The van der Waals surface area contributed by atoms with Crippen LogP contribution in [-0.2, 0) is 0 Å². The Balaban J connectivity index is 2.81. The molecular weight excluding hydrogens is 222 g/mol. The number of ether oxygens (including phenoxy) is 1. The molecule has 0 atom stereocenters. The van der Waals surface area contributed by atoms with Crippen molar-refractivity contribution in [2.45, 2.75) is 0 Å². The van der Waals surface area contributed by atoms with E-state index in [1.165, 1.54) is 0 Å². The van der Waals surface area contributed by atoms with Crippen molar-refractivity contribution < 1.29 is 4.74 Å². The summed E-state index contributed by atoms with van der Waals surface area (Å²) in [5, 5.41) is 4.07. The van der Waals surface area contributed by atoms with Gasteiger partial charge in [-0.15, -0.1) is 0 Å². The highest BCUT2D eigenvalue weighted by atomic mass is 79.9. The zero-order valence-electron chi connectivity index (χ0n) is 6.36. The van der Waals surface area contributed by atoms with Gasteiger partial charge >= 0.3 is 0 Å². The minimum absolute atomic E-state index is 0.672. The topological polar surface area (TPSA) is 39.4 Å². The molecule has 2 rings (SSSR count). The van der Waals surface area contributed by atoms with Gasteiger partial charge in [-0.25, -0.2) is 4.98 Å². The van der Waals surface area contributed by atoms with Crippen molar-refractivity contribution in [3.8, 4) is 5.88 Å². The zero-order chi connectivity index (χ0) is 8.55. The first-order valence-electron chi connectivity index (χ1n) is 3.35. The molecule has 0 saturated carbocycles. The lowest BCUT2D eigenvalue weighted by Gasteiger charge is -2.00. The molecule has 4 nitrogen and oxygen atoms in total. The van der Waals surface area contributed by atoms with Crippen LogP contribution in [0, 0.1) is 0 Å². The number of fused-ring (bicyclic) bond motifs is 1. The number of halogens is 1. The van der Waals surface area contributed by atoms with Crippen molar-refractivity contribution in [1.29, 1.82) is 0 Å². The molecule has 2 heterocycles. The minimum Gasteiger partial charge on any atom is -0.481 e. The highest BCUT2D eigenvalue weighted by Gasteiger charge is 2.04. The van der Waals surface area contributed by atoms with Crippen LogP contribution in [0.1, 0.15) is 0 Å². The highest BCUT2D eigenvalue weighted by molar-refractivity contribution is 9.10. The maximum atomic E-state index is 5.08. The largest absolute Gasteiger partial charge is 0.481 e. The first kappa shape index (κ1) is 7.54. The van der Waals surface area contributed by atoms with Gasteiger partial charge in [-0.2, -0.15) is 9.61 Å². The third kappa shape index (κ3) is 0.972. The van der Waals surface area contributed by atoms with Crippen LogP contribution in [0.3, 0.4) is 0 Å². The van der Waals surface area contributed by atoms with Gasteiger partial charge in [-0.1, -0.05) is 0 Å². The standard InChI is InChI=1S/C7H6BrN3O/c1-12-6-2-3-9-7-5(8)4-10-11(6)7/h2-4H,1H3. The second-order valence-electron chi connectivity index (χ2n) is 2.22. The molecule has 0 aliphatic carbocycles. The Hall–Kier alpha value is -1.10. The molecule has 0 radical (unpaired) electrons. The fraction of sp³-hybridized carbons (Fsp3) is 0.143. The molecule has 0 aliphatic rings. The quantitative estimate of drug-likeness (QED) is 0.742. The van der Waals surface area contributed by atoms with Crippen molar-refractivity contribution in [1.82, 2.24) is 14.6 Å². The van der Waals surface area contributed by atoms with Crippen LogP contribution in [-0.4, -0.2) is 21.7 Å². The first-order valence-corrected chi connectivity index (χ1v) is 4.14. The van der Waals surface area contributed by atoms with Crippen LogP contribution in [0.15, 0.2) is 22.9 Å². The summed E-state index contributed by atoms with van der Waals surface area (Å²) in [6, 6.07) is 1.76. The summed E-state index contributed by atoms with van der Waals surface area (Å²) < 4.78 is 7.57.